The van der Waals surface area contributed by atoms with Crippen molar-refractivity contribution in [3.8, 4) is 0 Å². The molecule has 0 radical (unpaired) electrons. The largest absolute Gasteiger partial charge is 0.624 e. The highest BCUT2D eigenvalue weighted by Gasteiger charge is 2.20. The molecule has 0 saturated heterocycles. The molecular formula is C19H20N2O3S. The number of nitro benzene ring substituents is 1. The molecule has 1 aliphatic rings. The molecule has 2 aromatic carbocycles. The van der Waals surface area contributed by atoms with Crippen molar-refractivity contribution in [2.75, 3.05) is 0 Å². The Labute approximate surface area is 151 Å². The van der Waals surface area contributed by atoms with Gasteiger partial charge in [0.15, 0.2) is 12.8 Å². The molecule has 0 amide bonds. The summed E-state index contributed by atoms with van der Waals surface area (Å²) in [4.78, 5) is 11.6. The van der Waals surface area contributed by atoms with Gasteiger partial charge in [-0.15, -0.1) is 11.8 Å². The van der Waals surface area contributed by atoms with Gasteiger partial charge in [0.1, 0.15) is 0 Å². The highest BCUT2D eigenvalue weighted by molar-refractivity contribution is 8.00. The van der Waals surface area contributed by atoms with Gasteiger partial charge in [-0.05, 0) is 18.9 Å². The number of hydrogen-bond donors (Lipinski definition) is 0. The number of thioether (sulfide) groups is 1. The van der Waals surface area contributed by atoms with Crippen LogP contribution < -0.4 is 0 Å². The zero-order chi connectivity index (χ0) is 17.6. The second-order valence-electron chi connectivity index (χ2n) is 6.19. The molecule has 0 aromatic heterocycles. The van der Waals surface area contributed by atoms with Crippen LogP contribution in [-0.4, -0.2) is 21.1 Å². The fourth-order valence-electron chi connectivity index (χ4n) is 3.01. The standard InChI is InChI=1S/C19H20N2O3S/c22-20(13-15-6-2-1-3-7-15)14-16-12-17(21(23)24)10-11-19(16)25-18-8-4-5-9-18/h1-3,6-7,10-12,14,18H,4-5,8-9,13H2/b20-14-. The zero-order valence-corrected chi connectivity index (χ0v) is 14.7. The van der Waals surface area contributed by atoms with Crippen molar-refractivity contribution >= 4 is 23.7 Å². The maximum absolute atomic E-state index is 12.3. The fourth-order valence-corrected chi connectivity index (χ4v) is 4.33. The minimum Gasteiger partial charge on any atom is -0.624 e. The van der Waals surface area contributed by atoms with Crippen LogP contribution in [0.1, 0.15) is 36.8 Å². The van der Waals surface area contributed by atoms with E-state index >= 15 is 0 Å². The Morgan fingerprint density at radius 2 is 1.80 bits per heavy atom. The van der Waals surface area contributed by atoms with E-state index in [4.69, 9.17) is 0 Å². The van der Waals surface area contributed by atoms with Crippen LogP contribution in [0.5, 0.6) is 0 Å². The molecule has 0 spiro atoms. The molecule has 0 bridgehead atoms. The van der Waals surface area contributed by atoms with Crippen molar-refractivity contribution in [3.63, 3.8) is 0 Å². The van der Waals surface area contributed by atoms with E-state index in [9.17, 15) is 15.3 Å². The third-order valence-electron chi connectivity index (χ3n) is 4.26. The van der Waals surface area contributed by atoms with E-state index in [0.29, 0.717) is 10.8 Å². The molecule has 130 valence electrons. The summed E-state index contributed by atoms with van der Waals surface area (Å²) in [5.74, 6) is 0. The molecule has 3 rings (SSSR count). The summed E-state index contributed by atoms with van der Waals surface area (Å²) in [6.07, 6.45) is 6.24. The number of nitrogens with zero attached hydrogens (tertiary/aromatic N) is 2. The molecule has 5 nitrogen and oxygen atoms in total. The summed E-state index contributed by atoms with van der Waals surface area (Å²) >= 11 is 1.73. The van der Waals surface area contributed by atoms with Gasteiger partial charge in [-0.2, -0.15) is 0 Å². The smallest absolute Gasteiger partial charge is 0.270 e. The third-order valence-corrected chi connectivity index (χ3v) is 5.69. The first kappa shape index (κ1) is 17.5. The molecule has 0 aliphatic heterocycles. The summed E-state index contributed by atoms with van der Waals surface area (Å²) < 4.78 is 0.840. The zero-order valence-electron chi connectivity index (χ0n) is 13.8. The SMILES string of the molecule is O=[N+]([O-])c1ccc(SC2CCCC2)c(/C=[N+](\[O-])Cc2ccccc2)c1. The lowest BCUT2D eigenvalue weighted by atomic mass is 10.2. The minimum atomic E-state index is -0.423. The second kappa shape index (κ2) is 8.16. The molecule has 1 saturated carbocycles. The molecule has 25 heavy (non-hydrogen) atoms. The van der Waals surface area contributed by atoms with Gasteiger partial charge in [0.25, 0.3) is 5.69 Å². The monoisotopic (exact) mass is 356 g/mol. The summed E-state index contributed by atoms with van der Waals surface area (Å²) in [6, 6.07) is 14.2. The summed E-state index contributed by atoms with van der Waals surface area (Å²) in [7, 11) is 0. The van der Waals surface area contributed by atoms with Crippen LogP contribution in [0.4, 0.5) is 5.69 Å². The van der Waals surface area contributed by atoms with Gasteiger partial charge in [-0.1, -0.05) is 43.2 Å². The summed E-state index contributed by atoms with van der Waals surface area (Å²) in [5, 5.41) is 23.9. The van der Waals surface area contributed by atoms with E-state index in [0.717, 1.165) is 28.0 Å². The van der Waals surface area contributed by atoms with Crippen molar-refractivity contribution in [2.45, 2.75) is 42.4 Å². The number of nitro groups is 1. The Kier molecular flexibility index (Phi) is 5.71. The lowest BCUT2D eigenvalue weighted by Crippen LogP contribution is -2.07. The third kappa shape index (κ3) is 4.82. The lowest BCUT2D eigenvalue weighted by molar-refractivity contribution is -0.469. The second-order valence-corrected chi connectivity index (χ2v) is 7.54. The van der Waals surface area contributed by atoms with Crippen LogP contribution >= 0.6 is 11.8 Å². The number of rotatable bonds is 6. The Balaban J connectivity index is 1.86. The fraction of sp³-hybridized carbons (Fsp3) is 0.316. The molecule has 6 heteroatoms. The molecule has 0 unspecified atom stereocenters. The van der Waals surface area contributed by atoms with Crippen LogP contribution in [0.25, 0.3) is 0 Å². The van der Waals surface area contributed by atoms with Crippen LogP contribution in [0.15, 0.2) is 53.4 Å². The van der Waals surface area contributed by atoms with Crippen molar-refractivity contribution in [1.29, 1.82) is 0 Å². The highest BCUT2D eigenvalue weighted by Crippen LogP contribution is 2.36. The van der Waals surface area contributed by atoms with E-state index < -0.39 is 4.92 Å². The van der Waals surface area contributed by atoms with E-state index in [-0.39, 0.29) is 12.2 Å². The first-order valence-corrected chi connectivity index (χ1v) is 9.27. The van der Waals surface area contributed by atoms with Crippen molar-refractivity contribution < 1.29 is 9.66 Å². The van der Waals surface area contributed by atoms with E-state index in [1.165, 1.54) is 31.2 Å². The first-order valence-electron chi connectivity index (χ1n) is 8.39. The molecule has 0 N–H and O–H groups in total. The normalized spacial score (nSPS) is 15.4. The van der Waals surface area contributed by atoms with Crippen LogP contribution in [0.3, 0.4) is 0 Å². The van der Waals surface area contributed by atoms with Crippen molar-refractivity contribution in [2.24, 2.45) is 0 Å². The maximum Gasteiger partial charge on any atom is 0.270 e. The number of hydroxylamine groups is 1. The molecule has 1 fully saturated rings. The quantitative estimate of drug-likeness (QED) is 0.246. The predicted molar refractivity (Wildman–Crippen MR) is 100 cm³/mol. The van der Waals surface area contributed by atoms with Gasteiger partial charge in [-0.25, -0.2) is 4.74 Å². The Hall–Kier alpha value is -2.34. The summed E-state index contributed by atoms with van der Waals surface area (Å²) in [6.45, 7) is 0.219. The van der Waals surface area contributed by atoms with Crippen LogP contribution in [0, 0.1) is 15.3 Å². The Bertz CT molecular complexity index is 771. The van der Waals surface area contributed by atoms with Gasteiger partial charge in [0, 0.05) is 27.8 Å². The molecule has 0 heterocycles. The number of hydrogen-bond acceptors (Lipinski definition) is 4. The van der Waals surface area contributed by atoms with Crippen molar-refractivity contribution in [1.82, 2.24) is 0 Å². The summed E-state index contributed by atoms with van der Waals surface area (Å²) in [5.41, 5.74) is 1.54. The maximum atomic E-state index is 12.3. The molecule has 2 aromatic rings. The number of non-ortho nitro benzene ring substituents is 1. The van der Waals surface area contributed by atoms with Gasteiger partial charge < -0.3 is 5.21 Å². The molecule has 1 aliphatic carbocycles. The van der Waals surface area contributed by atoms with Crippen molar-refractivity contribution in [3.05, 3.63) is 75.0 Å². The van der Waals surface area contributed by atoms with E-state index in [2.05, 4.69) is 0 Å². The Morgan fingerprint density at radius 3 is 2.48 bits per heavy atom. The molecule has 0 atom stereocenters. The lowest BCUT2D eigenvalue weighted by Gasteiger charge is -2.11. The average Bonchev–Trinajstić information content (AvgIpc) is 3.10. The van der Waals surface area contributed by atoms with Gasteiger partial charge >= 0.3 is 0 Å². The van der Waals surface area contributed by atoms with Crippen LogP contribution in [0.2, 0.25) is 0 Å². The average molecular weight is 356 g/mol. The van der Waals surface area contributed by atoms with Gasteiger partial charge in [0.2, 0.25) is 0 Å². The van der Waals surface area contributed by atoms with Crippen LogP contribution in [-0.2, 0) is 6.54 Å². The number of benzene rings is 2. The van der Waals surface area contributed by atoms with Gasteiger partial charge in [-0.3, -0.25) is 10.1 Å². The Morgan fingerprint density at radius 1 is 1.08 bits per heavy atom. The van der Waals surface area contributed by atoms with E-state index in [1.807, 2.05) is 30.3 Å². The minimum absolute atomic E-state index is 0.00938. The highest BCUT2D eigenvalue weighted by atomic mass is 32.2. The first-order chi connectivity index (χ1) is 12.1. The molecular weight excluding hydrogens is 336 g/mol. The van der Waals surface area contributed by atoms with E-state index in [1.54, 1.807) is 17.8 Å². The van der Waals surface area contributed by atoms with Gasteiger partial charge in [0.05, 0.1) is 10.5 Å². The topological polar surface area (TPSA) is 69.2 Å². The predicted octanol–water partition coefficient (Wildman–Crippen LogP) is 4.76.